The maximum atomic E-state index is 6.07. The average Bonchev–Trinajstić information content (AvgIpc) is 2.47. The van der Waals surface area contributed by atoms with Gasteiger partial charge in [0.15, 0.2) is 0 Å². The molecule has 0 amide bonds. The number of nitrogens with two attached hydrogens (primary N) is 1. The monoisotopic (exact) mass is 247 g/mol. The lowest BCUT2D eigenvalue weighted by Gasteiger charge is -2.13. The van der Waals surface area contributed by atoms with Crippen LogP contribution in [0.3, 0.4) is 0 Å². The zero-order chi connectivity index (χ0) is 13.2. The zero-order valence-electron chi connectivity index (χ0n) is 10.4. The van der Waals surface area contributed by atoms with Crippen molar-refractivity contribution in [3.05, 3.63) is 47.2 Å². The van der Waals surface area contributed by atoms with Crippen LogP contribution in [0.5, 0.6) is 0 Å². The number of benzene rings is 1. The van der Waals surface area contributed by atoms with Gasteiger partial charge in [0, 0.05) is 41.6 Å². The van der Waals surface area contributed by atoms with E-state index < -0.39 is 0 Å². The van der Waals surface area contributed by atoms with E-state index in [0.29, 0.717) is 0 Å². The number of hydrogen-bond acceptors (Lipinski definition) is 3. The highest BCUT2D eigenvalue weighted by atomic mass is 14.8. The third kappa shape index (κ3) is 2.09. The standard InChI is InChI=1S/C16H13N3/c1-2-11-3-5-12(6-4-11)16-9-14(17)13-10-18-8-7-15(13)19-16/h1,3-6,9-10H,7-8H2,(H2,17,19). The highest BCUT2D eigenvalue weighted by Crippen LogP contribution is 2.25. The molecule has 3 heteroatoms. The zero-order valence-corrected chi connectivity index (χ0v) is 10.4. The molecule has 0 atom stereocenters. The first-order chi connectivity index (χ1) is 9.28. The number of rotatable bonds is 1. The van der Waals surface area contributed by atoms with Crippen molar-refractivity contribution in [1.82, 2.24) is 4.98 Å². The molecule has 2 N–H and O–H groups in total. The van der Waals surface area contributed by atoms with Gasteiger partial charge in [0.1, 0.15) is 0 Å². The van der Waals surface area contributed by atoms with Crippen LogP contribution in [0.25, 0.3) is 11.3 Å². The van der Waals surface area contributed by atoms with Crippen LogP contribution < -0.4 is 5.73 Å². The van der Waals surface area contributed by atoms with E-state index in [1.807, 2.05) is 36.5 Å². The number of terminal acetylenes is 1. The van der Waals surface area contributed by atoms with Crippen LogP contribution in [-0.4, -0.2) is 17.7 Å². The number of aromatic nitrogens is 1. The lowest BCUT2D eigenvalue weighted by molar-refractivity contribution is 0.909. The van der Waals surface area contributed by atoms with E-state index in [4.69, 9.17) is 12.2 Å². The summed E-state index contributed by atoms with van der Waals surface area (Å²) >= 11 is 0. The SMILES string of the molecule is C#Cc1ccc(-c2cc(N)c3c(n2)CCN=C3)cc1. The van der Waals surface area contributed by atoms with Crippen molar-refractivity contribution < 1.29 is 0 Å². The Hall–Kier alpha value is -2.60. The van der Waals surface area contributed by atoms with Gasteiger partial charge in [-0.25, -0.2) is 0 Å². The fraction of sp³-hybridized carbons (Fsp3) is 0.125. The topological polar surface area (TPSA) is 51.3 Å². The Kier molecular flexibility index (Phi) is 2.77. The third-order valence-corrected chi connectivity index (χ3v) is 3.21. The van der Waals surface area contributed by atoms with Crippen molar-refractivity contribution in [2.24, 2.45) is 4.99 Å². The third-order valence-electron chi connectivity index (χ3n) is 3.21. The molecular formula is C16H13N3. The first-order valence-electron chi connectivity index (χ1n) is 6.14. The van der Waals surface area contributed by atoms with Crippen LogP contribution in [0, 0.1) is 12.3 Å². The van der Waals surface area contributed by atoms with E-state index in [2.05, 4.69) is 15.9 Å². The molecule has 0 saturated heterocycles. The Labute approximate surface area is 112 Å². The number of pyridine rings is 1. The molecular weight excluding hydrogens is 234 g/mol. The molecule has 0 unspecified atom stereocenters. The van der Waals surface area contributed by atoms with Crippen LogP contribution >= 0.6 is 0 Å². The molecule has 0 spiro atoms. The van der Waals surface area contributed by atoms with Gasteiger partial charge in [-0.2, -0.15) is 0 Å². The van der Waals surface area contributed by atoms with Crippen LogP contribution in [0.1, 0.15) is 16.8 Å². The van der Waals surface area contributed by atoms with Crippen molar-refractivity contribution in [1.29, 1.82) is 0 Å². The summed E-state index contributed by atoms with van der Waals surface area (Å²) in [6.07, 6.45) is 8.01. The van der Waals surface area contributed by atoms with Crippen molar-refractivity contribution in [2.45, 2.75) is 6.42 Å². The number of anilines is 1. The molecule has 2 heterocycles. The summed E-state index contributed by atoms with van der Waals surface area (Å²) in [6.45, 7) is 0.777. The van der Waals surface area contributed by atoms with Crippen LogP contribution in [0.4, 0.5) is 5.69 Å². The Morgan fingerprint density at radius 2 is 2.00 bits per heavy atom. The smallest absolute Gasteiger partial charge is 0.0726 e. The predicted molar refractivity (Wildman–Crippen MR) is 78.2 cm³/mol. The lowest BCUT2D eigenvalue weighted by atomic mass is 10.0. The normalized spacial score (nSPS) is 12.8. The van der Waals surface area contributed by atoms with Gasteiger partial charge < -0.3 is 5.73 Å². The second-order valence-electron chi connectivity index (χ2n) is 4.46. The molecule has 0 bridgehead atoms. The van der Waals surface area contributed by atoms with Crippen molar-refractivity contribution in [3.8, 4) is 23.6 Å². The highest BCUT2D eigenvalue weighted by molar-refractivity contribution is 5.90. The van der Waals surface area contributed by atoms with Crippen molar-refractivity contribution in [2.75, 3.05) is 12.3 Å². The molecule has 1 aliphatic rings. The van der Waals surface area contributed by atoms with Gasteiger partial charge in [-0.05, 0) is 18.2 Å². The Bertz CT molecular complexity index is 691. The summed E-state index contributed by atoms with van der Waals surface area (Å²) in [4.78, 5) is 8.91. The number of aliphatic imine (C=N–C) groups is 1. The largest absolute Gasteiger partial charge is 0.398 e. The van der Waals surface area contributed by atoms with Gasteiger partial charge in [-0.3, -0.25) is 9.98 Å². The molecule has 2 aromatic rings. The summed E-state index contributed by atoms with van der Waals surface area (Å²) < 4.78 is 0. The fourth-order valence-electron chi connectivity index (χ4n) is 2.18. The van der Waals surface area contributed by atoms with Crippen LogP contribution in [-0.2, 0) is 6.42 Å². The molecule has 0 fully saturated rings. The van der Waals surface area contributed by atoms with E-state index in [9.17, 15) is 0 Å². The molecule has 1 aromatic carbocycles. The molecule has 1 aromatic heterocycles. The predicted octanol–water partition coefficient (Wildman–Crippen LogP) is 2.29. The first-order valence-corrected chi connectivity index (χ1v) is 6.14. The maximum absolute atomic E-state index is 6.07. The van der Waals surface area contributed by atoms with E-state index in [1.54, 1.807) is 0 Å². The van der Waals surface area contributed by atoms with Gasteiger partial charge in [0.2, 0.25) is 0 Å². The first kappa shape index (κ1) is 11.5. The summed E-state index contributed by atoms with van der Waals surface area (Å²) in [5.41, 5.74) is 11.5. The Morgan fingerprint density at radius 1 is 1.21 bits per heavy atom. The van der Waals surface area contributed by atoms with Gasteiger partial charge in [0.25, 0.3) is 0 Å². The lowest BCUT2D eigenvalue weighted by Crippen LogP contribution is -2.09. The summed E-state index contributed by atoms with van der Waals surface area (Å²) in [7, 11) is 0. The van der Waals surface area contributed by atoms with Crippen molar-refractivity contribution in [3.63, 3.8) is 0 Å². The summed E-state index contributed by atoms with van der Waals surface area (Å²) in [5, 5.41) is 0. The quantitative estimate of drug-likeness (QED) is 0.786. The fourth-order valence-corrected chi connectivity index (χ4v) is 2.18. The Balaban J connectivity index is 2.08. The molecule has 0 aliphatic carbocycles. The van der Waals surface area contributed by atoms with Gasteiger partial charge in [-0.15, -0.1) is 6.42 Å². The van der Waals surface area contributed by atoms with E-state index in [0.717, 1.165) is 46.7 Å². The minimum Gasteiger partial charge on any atom is -0.398 e. The van der Waals surface area contributed by atoms with Crippen LogP contribution in [0.2, 0.25) is 0 Å². The highest BCUT2D eigenvalue weighted by Gasteiger charge is 2.12. The second-order valence-corrected chi connectivity index (χ2v) is 4.46. The molecule has 3 nitrogen and oxygen atoms in total. The average molecular weight is 247 g/mol. The number of nitrogen functional groups attached to an aromatic ring is 1. The van der Waals surface area contributed by atoms with Gasteiger partial charge in [0.05, 0.1) is 11.4 Å². The number of fused-ring (bicyclic) bond motifs is 1. The second kappa shape index (κ2) is 4.58. The maximum Gasteiger partial charge on any atom is 0.0726 e. The van der Waals surface area contributed by atoms with E-state index in [-0.39, 0.29) is 0 Å². The van der Waals surface area contributed by atoms with E-state index in [1.165, 1.54) is 0 Å². The van der Waals surface area contributed by atoms with Crippen molar-refractivity contribution >= 4 is 11.9 Å². The molecule has 19 heavy (non-hydrogen) atoms. The molecule has 0 radical (unpaired) electrons. The number of nitrogens with zero attached hydrogens (tertiary/aromatic N) is 2. The minimum atomic E-state index is 0.726. The number of hydrogen-bond donors (Lipinski definition) is 1. The molecule has 3 rings (SSSR count). The molecule has 0 saturated carbocycles. The summed E-state index contributed by atoms with van der Waals surface area (Å²) in [5.74, 6) is 2.60. The van der Waals surface area contributed by atoms with E-state index >= 15 is 0 Å². The van der Waals surface area contributed by atoms with Gasteiger partial charge in [-0.1, -0.05) is 18.1 Å². The Morgan fingerprint density at radius 3 is 2.74 bits per heavy atom. The summed E-state index contributed by atoms with van der Waals surface area (Å²) in [6, 6.07) is 9.66. The molecule has 1 aliphatic heterocycles. The van der Waals surface area contributed by atoms with Crippen LogP contribution in [0.15, 0.2) is 35.3 Å². The minimum absolute atomic E-state index is 0.726. The molecule has 92 valence electrons. The van der Waals surface area contributed by atoms with Gasteiger partial charge >= 0.3 is 0 Å².